The minimum Gasteiger partial charge on any atom is -0.289 e. The maximum Gasteiger partial charge on any atom is 0.185 e. The molecule has 2 rings (SSSR count). The van der Waals surface area contributed by atoms with Gasteiger partial charge < -0.3 is 0 Å². The maximum absolute atomic E-state index is 14.1. The first-order valence-corrected chi connectivity index (χ1v) is 8.37. The quantitative estimate of drug-likeness (QED) is 0.331. The molecule has 0 bridgehead atoms. The average molecular weight is 328 g/mol. The fourth-order valence-electron chi connectivity index (χ4n) is 2.55. The van der Waals surface area contributed by atoms with E-state index in [1.54, 1.807) is 30.3 Å². The lowest BCUT2D eigenvalue weighted by atomic mass is 10.0. The number of unbranched alkanes of at least 4 members (excludes halogenated alkanes) is 3. The third-order valence-corrected chi connectivity index (χ3v) is 3.92. The van der Waals surface area contributed by atoms with E-state index in [1.807, 2.05) is 0 Å². The van der Waals surface area contributed by atoms with E-state index in [1.165, 1.54) is 24.3 Å². The van der Waals surface area contributed by atoms with Crippen molar-refractivity contribution in [2.45, 2.75) is 39.0 Å². The minimum absolute atomic E-state index is 0.170. The van der Waals surface area contributed by atoms with Gasteiger partial charge in [-0.2, -0.15) is 0 Å². The van der Waals surface area contributed by atoms with Crippen LogP contribution < -0.4 is 0 Å². The number of allylic oxidation sites excluding steroid dienone is 1. The Labute approximate surface area is 142 Å². The zero-order valence-electron chi connectivity index (χ0n) is 13.9. The summed E-state index contributed by atoms with van der Waals surface area (Å²) in [5.41, 5.74) is 0.978. The molecule has 1 nitrogen and oxygen atoms in total. The largest absolute Gasteiger partial charge is 0.289 e. The molecule has 0 aliphatic heterocycles. The summed E-state index contributed by atoms with van der Waals surface area (Å²) < 4.78 is 28.3. The molecule has 0 fully saturated rings. The first kappa shape index (κ1) is 18.1. The molecule has 0 N–H and O–H groups in total. The average Bonchev–Trinajstić information content (AvgIpc) is 2.58. The van der Waals surface area contributed by atoms with Gasteiger partial charge in [-0.25, -0.2) is 8.78 Å². The van der Waals surface area contributed by atoms with Crippen molar-refractivity contribution in [2.24, 2.45) is 0 Å². The number of ketones is 1. The van der Waals surface area contributed by atoms with Crippen LogP contribution in [0, 0.1) is 11.6 Å². The zero-order chi connectivity index (χ0) is 17.4. The van der Waals surface area contributed by atoms with Crippen LogP contribution in [0.5, 0.6) is 0 Å². The van der Waals surface area contributed by atoms with Crippen LogP contribution in [0.2, 0.25) is 0 Å². The summed E-state index contributed by atoms with van der Waals surface area (Å²) in [7, 11) is 0. The molecule has 126 valence electrons. The molecule has 0 amide bonds. The molecular formula is C21H22F2O. The summed E-state index contributed by atoms with van der Waals surface area (Å²) in [5.74, 6) is -1.53. The van der Waals surface area contributed by atoms with Crippen molar-refractivity contribution in [1.82, 2.24) is 0 Å². The third-order valence-electron chi connectivity index (χ3n) is 3.92. The Morgan fingerprint density at radius 1 is 1.00 bits per heavy atom. The number of halogens is 2. The topological polar surface area (TPSA) is 17.1 Å². The fraction of sp³-hybridized carbons (Fsp3) is 0.286. The molecule has 0 radical (unpaired) electrons. The van der Waals surface area contributed by atoms with E-state index in [9.17, 15) is 13.6 Å². The summed E-state index contributed by atoms with van der Waals surface area (Å²) in [6.45, 7) is 2.12. The maximum atomic E-state index is 14.1. The van der Waals surface area contributed by atoms with Crippen LogP contribution >= 0.6 is 0 Å². The SMILES string of the molecule is CCCCCCc1cc(F)c(C=CC(=O)c2ccccc2)c(F)c1. The Morgan fingerprint density at radius 2 is 1.67 bits per heavy atom. The number of hydrogen-bond acceptors (Lipinski definition) is 1. The van der Waals surface area contributed by atoms with Crippen molar-refractivity contribution in [3.8, 4) is 0 Å². The van der Waals surface area contributed by atoms with E-state index in [4.69, 9.17) is 0 Å². The van der Waals surface area contributed by atoms with Crippen LogP contribution in [0.3, 0.4) is 0 Å². The highest BCUT2D eigenvalue weighted by atomic mass is 19.1. The number of rotatable bonds is 8. The predicted molar refractivity (Wildman–Crippen MR) is 94.0 cm³/mol. The first-order chi connectivity index (χ1) is 11.6. The molecule has 0 aliphatic carbocycles. The van der Waals surface area contributed by atoms with Gasteiger partial charge in [-0.3, -0.25) is 4.79 Å². The lowest BCUT2D eigenvalue weighted by Gasteiger charge is -2.05. The molecule has 24 heavy (non-hydrogen) atoms. The molecule has 0 heterocycles. The lowest BCUT2D eigenvalue weighted by molar-refractivity contribution is 0.104. The van der Waals surface area contributed by atoms with Crippen molar-refractivity contribution in [1.29, 1.82) is 0 Å². The van der Waals surface area contributed by atoms with Gasteiger partial charge in [0.25, 0.3) is 0 Å². The highest BCUT2D eigenvalue weighted by molar-refractivity contribution is 6.06. The highest BCUT2D eigenvalue weighted by Gasteiger charge is 2.10. The van der Waals surface area contributed by atoms with Crippen molar-refractivity contribution in [3.05, 3.63) is 76.9 Å². The van der Waals surface area contributed by atoms with Crippen LogP contribution in [0.15, 0.2) is 48.5 Å². The summed E-state index contributed by atoms with van der Waals surface area (Å²) in [5, 5.41) is 0. The van der Waals surface area contributed by atoms with Gasteiger partial charge in [-0.1, -0.05) is 56.5 Å². The molecule has 2 aromatic carbocycles. The van der Waals surface area contributed by atoms with Gasteiger partial charge >= 0.3 is 0 Å². The van der Waals surface area contributed by atoms with Crippen LogP contribution in [0.25, 0.3) is 6.08 Å². The smallest absolute Gasteiger partial charge is 0.185 e. The molecule has 2 aromatic rings. The van der Waals surface area contributed by atoms with Gasteiger partial charge in [-0.05, 0) is 42.7 Å². The van der Waals surface area contributed by atoms with Gasteiger partial charge in [0.2, 0.25) is 0 Å². The molecule has 3 heteroatoms. The van der Waals surface area contributed by atoms with Gasteiger partial charge in [-0.15, -0.1) is 0 Å². The number of aryl methyl sites for hydroxylation is 1. The summed E-state index contributed by atoms with van der Waals surface area (Å²) in [6.07, 6.45) is 7.33. The Kier molecular flexibility index (Phi) is 6.86. The number of carbonyl (C=O) groups is 1. The van der Waals surface area contributed by atoms with Crippen LogP contribution in [0.4, 0.5) is 8.78 Å². The summed E-state index contributed by atoms with van der Waals surface area (Å²) in [6, 6.07) is 11.4. The van der Waals surface area contributed by atoms with Crippen LogP contribution in [-0.2, 0) is 6.42 Å². The predicted octanol–water partition coefficient (Wildman–Crippen LogP) is 5.98. The van der Waals surface area contributed by atoms with E-state index in [0.29, 0.717) is 17.5 Å². The van der Waals surface area contributed by atoms with Crippen molar-refractivity contribution in [2.75, 3.05) is 0 Å². The molecule has 0 atom stereocenters. The van der Waals surface area contributed by atoms with Crippen LogP contribution in [-0.4, -0.2) is 5.78 Å². The van der Waals surface area contributed by atoms with E-state index < -0.39 is 11.6 Å². The normalized spacial score (nSPS) is 11.1. The van der Waals surface area contributed by atoms with E-state index >= 15 is 0 Å². The van der Waals surface area contributed by atoms with Crippen molar-refractivity contribution < 1.29 is 13.6 Å². The minimum atomic E-state index is -0.627. The van der Waals surface area contributed by atoms with Crippen molar-refractivity contribution in [3.63, 3.8) is 0 Å². The molecule has 0 saturated carbocycles. The molecule has 0 aliphatic rings. The molecular weight excluding hydrogens is 306 g/mol. The highest BCUT2D eigenvalue weighted by Crippen LogP contribution is 2.19. The third kappa shape index (κ3) is 5.12. The Morgan fingerprint density at radius 3 is 2.29 bits per heavy atom. The number of carbonyl (C=O) groups excluding carboxylic acids is 1. The lowest BCUT2D eigenvalue weighted by Crippen LogP contribution is -1.97. The molecule has 0 aromatic heterocycles. The number of benzene rings is 2. The van der Waals surface area contributed by atoms with E-state index in [2.05, 4.69) is 6.92 Å². The van der Waals surface area contributed by atoms with Gasteiger partial charge in [0.05, 0.1) is 0 Å². The molecule has 0 spiro atoms. The zero-order valence-corrected chi connectivity index (χ0v) is 13.9. The summed E-state index contributed by atoms with van der Waals surface area (Å²) >= 11 is 0. The first-order valence-electron chi connectivity index (χ1n) is 8.37. The number of hydrogen-bond donors (Lipinski definition) is 0. The second-order valence-corrected chi connectivity index (χ2v) is 5.85. The second-order valence-electron chi connectivity index (χ2n) is 5.85. The van der Waals surface area contributed by atoms with Crippen molar-refractivity contribution >= 4 is 11.9 Å². The Bertz CT molecular complexity index is 682. The Balaban J connectivity index is 2.08. The van der Waals surface area contributed by atoms with E-state index in [0.717, 1.165) is 25.7 Å². The van der Waals surface area contributed by atoms with Gasteiger partial charge in [0, 0.05) is 11.1 Å². The second kappa shape index (κ2) is 9.11. The molecule has 0 unspecified atom stereocenters. The van der Waals surface area contributed by atoms with Gasteiger partial charge in [0.1, 0.15) is 11.6 Å². The monoisotopic (exact) mass is 328 g/mol. The molecule has 0 saturated heterocycles. The summed E-state index contributed by atoms with van der Waals surface area (Å²) in [4.78, 5) is 12.0. The standard InChI is InChI=1S/C21H22F2O/c1-2-3-4-6-9-16-14-19(22)18(20(23)15-16)12-13-21(24)17-10-7-5-8-11-17/h5,7-8,10-15H,2-4,6,9H2,1H3. The van der Waals surface area contributed by atoms with Crippen LogP contribution in [0.1, 0.15) is 54.1 Å². The van der Waals surface area contributed by atoms with Gasteiger partial charge in [0.15, 0.2) is 5.78 Å². The van der Waals surface area contributed by atoms with E-state index in [-0.39, 0.29) is 11.3 Å². The Hall–Kier alpha value is -2.29. The fourth-order valence-corrected chi connectivity index (χ4v) is 2.55.